The molecule has 4 aromatic rings. The van der Waals surface area contributed by atoms with Gasteiger partial charge in [0.25, 0.3) is 5.91 Å². The highest BCUT2D eigenvalue weighted by atomic mass is 35.5. The maximum atomic E-state index is 13.9. The first-order chi connectivity index (χ1) is 13.9. The van der Waals surface area contributed by atoms with E-state index < -0.39 is 17.7 Å². The summed E-state index contributed by atoms with van der Waals surface area (Å²) in [5.74, 6) is -2.28. The van der Waals surface area contributed by atoms with Gasteiger partial charge in [0.05, 0.1) is 26.7 Å². The van der Waals surface area contributed by atoms with Crippen molar-refractivity contribution in [2.24, 2.45) is 0 Å². The minimum atomic E-state index is -1.10. The van der Waals surface area contributed by atoms with E-state index in [9.17, 15) is 19.1 Å². The number of carbonyl (C=O) groups is 2. The normalized spacial score (nSPS) is 11.0. The molecule has 144 valence electrons. The number of rotatable bonds is 3. The van der Waals surface area contributed by atoms with E-state index in [0.29, 0.717) is 16.6 Å². The van der Waals surface area contributed by atoms with Gasteiger partial charge in [-0.05, 0) is 36.4 Å². The van der Waals surface area contributed by atoms with Crippen LogP contribution in [-0.4, -0.2) is 26.8 Å². The molecule has 0 saturated heterocycles. The number of carbonyl (C=O) groups excluding carboxylic acids is 1. The van der Waals surface area contributed by atoms with Crippen LogP contribution in [0.25, 0.3) is 22.2 Å². The fraction of sp³-hybridized carbons (Fsp3) is 0. The minimum absolute atomic E-state index is 0.0373. The molecule has 8 heteroatoms. The number of hydrogen-bond donors (Lipinski definition) is 1. The van der Waals surface area contributed by atoms with Gasteiger partial charge in [0.1, 0.15) is 11.5 Å². The van der Waals surface area contributed by atoms with Gasteiger partial charge in [-0.3, -0.25) is 4.79 Å². The average Bonchev–Trinajstić information content (AvgIpc) is 3.06. The topological polar surface area (TPSA) is 72.2 Å². The zero-order valence-corrected chi connectivity index (χ0v) is 16.1. The Kier molecular flexibility index (Phi) is 4.82. The van der Waals surface area contributed by atoms with E-state index in [2.05, 4.69) is 5.10 Å². The van der Waals surface area contributed by atoms with E-state index in [1.54, 1.807) is 18.2 Å². The summed E-state index contributed by atoms with van der Waals surface area (Å²) in [6.45, 7) is 0. The lowest BCUT2D eigenvalue weighted by molar-refractivity contribution is 0.0696. The molecule has 0 aliphatic carbocycles. The molecule has 0 unspecified atom stereocenters. The molecule has 0 spiro atoms. The molecule has 0 fully saturated rings. The fourth-order valence-corrected chi connectivity index (χ4v) is 3.62. The number of halogens is 3. The lowest BCUT2D eigenvalue weighted by Crippen LogP contribution is -2.15. The number of carboxylic acids is 1. The van der Waals surface area contributed by atoms with Gasteiger partial charge >= 0.3 is 5.97 Å². The molecular weight excluding hydrogens is 418 g/mol. The summed E-state index contributed by atoms with van der Waals surface area (Å²) in [5, 5.41) is 14.3. The number of nitrogens with zero attached hydrogens (tertiary/aromatic N) is 2. The van der Waals surface area contributed by atoms with Crippen LogP contribution in [-0.2, 0) is 0 Å². The summed E-state index contributed by atoms with van der Waals surface area (Å²) in [6, 6.07) is 14.7. The van der Waals surface area contributed by atoms with Crippen molar-refractivity contribution in [3.05, 3.63) is 87.7 Å². The second-order valence-electron chi connectivity index (χ2n) is 6.21. The number of aromatic nitrogens is 2. The third-order valence-corrected chi connectivity index (χ3v) is 5.02. The van der Waals surface area contributed by atoms with Crippen LogP contribution < -0.4 is 0 Å². The largest absolute Gasteiger partial charge is 0.478 e. The molecule has 4 rings (SSSR count). The van der Waals surface area contributed by atoms with Crippen LogP contribution in [0.3, 0.4) is 0 Å². The van der Waals surface area contributed by atoms with Crippen molar-refractivity contribution in [1.29, 1.82) is 0 Å². The van der Waals surface area contributed by atoms with E-state index in [4.69, 9.17) is 23.2 Å². The van der Waals surface area contributed by atoms with E-state index in [-0.39, 0.29) is 26.7 Å². The third-order valence-electron chi connectivity index (χ3n) is 4.40. The molecule has 1 aromatic heterocycles. The monoisotopic (exact) mass is 428 g/mol. The zero-order valence-electron chi connectivity index (χ0n) is 14.6. The summed E-state index contributed by atoms with van der Waals surface area (Å²) in [6.07, 6.45) is 0. The summed E-state index contributed by atoms with van der Waals surface area (Å²) in [7, 11) is 0. The van der Waals surface area contributed by atoms with Gasteiger partial charge in [-0.1, -0.05) is 41.4 Å². The number of aromatic carboxylic acids is 1. The number of fused-ring (bicyclic) bond motifs is 1. The Hall–Kier alpha value is -3.22. The number of carboxylic acid groups (broad SMARTS) is 1. The van der Waals surface area contributed by atoms with Crippen LogP contribution in [0.5, 0.6) is 0 Å². The predicted molar refractivity (Wildman–Crippen MR) is 108 cm³/mol. The average molecular weight is 429 g/mol. The summed E-state index contributed by atoms with van der Waals surface area (Å²) >= 11 is 12.3. The summed E-state index contributed by atoms with van der Waals surface area (Å²) in [4.78, 5) is 24.5. The molecule has 3 aromatic carbocycles. The van der Waals surface area contributed by atoms with Crippen molar-refractivity contribution >= 4 is 46.0 Å². The Bertz CT molecular complexity index is 1280. The lowest BCUT2D eigenvalue weighted by atomic mass is 10.0. The molecule has 0 bridgehead atoms. The van der Waals surface area contributed by atoms with Gasteiger partial charge in [0.2, 0.25) is 0 Å². The van der Waals surface area contributed by atoms with Crippen molar-refractivity contribution in [2.75, 3.05) is 0 Å². The second kappa shape index (κ2) is 7.31. The standard InChI is InChI=1S/C21H11Cl2FN2O3/c22-15-5-2-6-16(23)18(15)20(27)26-17-10-13(24)7-8-14(17)19(25-26)11-3-1-4-12(9-11)21(28)29/h1-10H,(H,28,29). The molecule has 0 radical (unpaired) electrons. The van der Waals surface area contributed by atoms with E-state index in [1.807, 2.05) is 0 Å². The Morgan fingerprint density at radius 2 is 1.66 bits per heavy atom. The molecule has 29 heavy (non-hydrogen) atoms. The molecule has 5 nitrogen and oxygen atoms in total. The summed E-state index contributed by atoms with van der Waals surface area (Å²) < 4.78 is 15.0. The quantitative estimate of drug-likeness (QED) is 0.465. The SMILES string of the molecule is O=C(O)c1cccc(-c2nn(C(=O)c3c(Cl)cccc3Cl)c3cc(F)ccc23)c1. The van der Waals surface area contributed by atoms with Gasteiger partial charge < -0.3 is 5.11 Å². The molecule has 1 heterocycles. The Labute approximate surface area is 173 Å². The Balaban J connectivity index is 1.97. The van der Waals surface area contributed by atoms with Crippen molar-refractivity contribution in [1.82, 2.24) is 9.78 Å². The van der Waals surface area contributed by atoms with Crippen LogP contribution >= 0.6 is 23.2 Å². The highest BCUT2D eigenvalue weighted by molar-refractivity contribution is 6.40. The first-order valence-corrected chi connectivity index (χ1v) is 9.13. The van der Waals surface area contributed by atoms with Crippen LogP contribution in [0.1, 0.15) is 20.7 Å². The van der Waals surface area contributed by atoms with Crippen molar-refractivity contribution < 1.29 is 19.1 Å². The van der Waals surface area contributed by atoms with Crippen molar-refractivity contribution in [3.63, 3.8) is 0 Å². The highest BCUT2D eigenvalue weighted by Crippen LogP contribution is 2.32. The van der Waals surface area contributed by atoms with Gasteiger partial charge in [0, 0.05) is 17.0 Å². The van der Waals surface area contributed by atoms with Gasteiger partial charge in [-0.25, -0.2) is 9.18 Å². The number of benzene rings is 3. The molecule has 0 atom stereocenters. The minimum Gasteiger partial charge on any atom is -0.478 e. The lowest BCUT2D eigenvalue weighted by Gasteiger charge is -2.06. The maximum absolute atomic E-state index is 13.9. The Morgan fingerprint density at radius 1 is 0.966 bits per heavy atom. The van der Waals surface area contributed by atoms with Gasteiger partial charge in [0.15, 0.2) is 0 Å². The summed E-state index contributed by atoms with van der Waals surface area (Å²) in [5.41, 5.74) is 1.11. The molecule has 0 saturated carbocycles. The maximum Gasteiger partial charge on any atom is 0.335 e. The smallest absolute Gasteiger partial charge is 0.335 e. The van der Waals surface area contributed by atoms with E-state index >= 15 is 0 Å². The molecular formula is C21H11Cl2FN2O3. The third kappa shape index (κ3) is 3.37. The second-order valence-corrected chi connectivity index (χ2v) is 7.02. The van der Waals surface area contributed by atoms with Crippen LogP contribution in [0.4, 0.5) is 4.39 Å². The van der Waals surface area contributed by atoms with Crippen molar-refractivity contribution in [3.8, 4) is 11.3 Å². The zero-order chi connectivity index (χ0) is 20.7. The van der Waals surface area contributed by atoms with Gasteiger partial charge in [-0.15, -0.1) is 0 Å². The first-order valence-electron chi connectivity index (χ1n) is 8.37. The number of hydrogen-bond acceptors (Lipinski definition) is 3. The molecule has 0 aliphatic rings. The molecule has 0 amide bonds. The van der Waals surface area contributed by atoms with Crippen LogP contribution in [0, 0.1) is 5.82 Å². The molecule has 0 aliphatic heterocycles. The Morgan fingerprint density at radius 3 is 2.34 bits per heavy atom. The van der Waals surface area contributed by atoms with Gasteiger partial charge in [-0.2, -0.15) is 9.78 Å². The predicted octanol–water partition coefficient (Wildman–Crippen LogP) is 5.54. The van der Waals surface area contributed by atoms with Crippen molar-refractivity contribution in [2.45, 2.75) is 0 Å². The highest BCUT2D eigenvalue weighted by Gasteiger charge is 2.23. The fourth-order valence-electron chi connectivity index (χ4n) is 3.06. The molecule has 1 N–H and O–H groups in total. The first kappa shape index (κ1) is 19.1. The van der Waals surface area contributed by atoms with Crippen LogP contribution in [0.15, 0.2) is 60.7 Å². The van der Waals surface area contributed by atoms with E-state index in [1.165, 1.54) is 42.5 Å². The van der Waals surface area contributed by atoms with E-state index in [0.717, 1.165) is 4.68 Å². The van der Waals surface area contributed by atoms with Crippen LogP contribution in [0.2, 0.25) is 10.0 Å².